The van der Waals surface area contributed by atoms with Crippen molar-refractivity contribution in [2.24, 2.45) is 5.73 Å². The standard InChI is InChI=1S/C14H20N2O2/c15-14(18)13-12(17)8-4-5-9-16(13)10-11-6-2-1-3-7-11/h1-3,6-7,12-13,17H,4-5,8-10H2,(H2,15,18). The van der Waals surface area contributed by atoms with Crippen molar-refractivity contribution in [3.05, 3.63) is 35.9 Å². The van der Waals surface area contributed by atoms with E-state index in [1.54, 1.807) is 0 Å². The van der Waals surface area contributed by atoms with Crippen molar-refractivity contribution in [1.29, 1.82) is 0 Å². The van der Waals surface area contributed by atoms with Gasteiger partial charge in [0.15, 0.2) is 0 Å². The Kier molecular flexibility index (Phi) is 4.33. The van der Waals surface area contributed by atoms with Gasteiger partial charge in [0, 0.05) is 6.54 Å². The van der Waals surface area contributed by atoms with Crippen molar-refractivity contribution in [3.63, 3.8) is 0 Å². The third-order valence-corrected chi connectivity index (χ3v) is 3.47. The number of carbonyl (C=O) groups is 1. The van der Waals surface area contributed by atoms with E-state index in [1.807, 2.05) is 35.2 Å². The van der Waals surface area contributed by atoms with E-state index in [1.165, 1.54) is 0 Å². The molecule has 1 aromatic rings. The van der Waals surface area contributed by atoms with Crippen LogP contribution in [0.4, 0.5) is 0 Å². The van der Waals surface area contributed by atoms with Crippen LogP contribution in [-0.4, -0.2) is 34.6 Å². The maximum Gasteiger partial charge on any atom is 0.237 e. The fourth-order valence-electron chi connectivity index (χ4n) is 2.57. The molecule has 0 bridgehead atoms. The number of aliphatic hydroxyl groups is 1. The van der Waals surface area contributed by atoms with Crippen molar-refractivity contribution in [3.8, 4) is 0 Å². The number of aliphatic hydroxyl groups excluding tert-OH is 1. The van der Waals surface area contributed by atoms with E-state index in [2.05, 4.69) is 0 Å². The molecule has 2 atom stereocenters. The number of hydrogen-bond acceptors (Lipinski definition) is 3. The lowest BCUT2D eigenvalue weighted by Gasteiger charge is -2.30. The Morgan fingerprint density at radius 1 is 1.33 bits per heavy atom. The minimum absolute atomic E-state index is 0.430. The molecule has 1 saturated heterocycles. The van der Waals surface area contributed by atoms with Crippen molar-refractivity contribution < 1.29 is 9.90 Å². The van der Waals surface area contributed by atoms with E-state index in [9.17, 15) is 9.90 Å². The summed E-state index contributed by atoms with van der Waals surface area (Å²) < 4.78 is 0. The lowest BCUT2D eigenvalue weighted by Crippen LogP contribution is -2.50. The Morgan fingerprint density at radius 3 is 2.72 bits per heavy atom. The molecule has 1 amide bonds. The predicted molar refractivity (Wildman–Crippen MR) is 69.7 cm³/mol. The summed E-state index contributed by atoms with van der Waals surface area (Å²) in [7, 11) is 0. The first-order chi connectivity index (χ1) is 8.68. The SMILES string of the molecule is NC(=O)C1C(O)CCCCN1Cc1ccccc1. The third kappa shape index (κ3) is 3.09. The van der Waals surface area contributed by atoms with E-state index < -0.39 is 18.1 Å². The van der Waals surface area contributed by atoms with E-state index >= 15 is 0 Å². The monoisotopic (exact) mass is 248 g/mol. The average Bonchev–Trinajstić information content (AvgIpc) is 2.52. The van der Waals surface area contributed by atoms with E-state index in [-0.39, 0.29) is 0 Å². The minimum atomic E-state index is -0.645. The summed E-state index contributed by atoms with van der Waals surface area (Å²) in [6.07, 6.45) is 1.94. The van der Waals surface area contributed by atoms with E-state index in [0.29, 0.717) is 13.0 Å². The zero-order chi connectivity index (χ0) is 13.0. The maximum absolute atomic E-state index is 11.5. The number of rotatable bonds is 3. The molecule has 1 aliphatic rings. The number of nitrogens with two attached hydrogens (primary N) is 1. The molecule has 1 fully saturated rings. The van der Waals surface area contributed by atoms with Gasteiger partial charge in [-0.15, -0.1) is 0 Å². The van der Waals surface area contributed by atoms with Gasteiger partial charge in [0.25, 0.3) is 0 Å². The van der Waals surface area contributed by atoms with Crippen LogP contribution >= 0.6 is 0 Å². The third-order valence-electron chi connectivity index (χ3n) is 3.47. The molecule has 2 unspecified atom stereocenters. The van der Waals surface area contributed by atoms with Gasteiger partial charge in [-0.25, -0.2) is 0 Å². The van der Waals surface area contributed by atoms with Gasteiger partial charge >= 0.3 is 0 Å². The highest BCUT2D eigenvalue weighted by molar-refractivity contribution is 5.80. The summed E-state index contributed by atoms with van der Waals surface area (Å²) in [5.41, 5.74) is 6.57. The molecule has 1 aromatic carbocycles. The van der Waals surface area contributed by atoms with Crippen LogP contribution in [0.15, 0.2) is 30.3 Å². The molecule has 3 N–H and O–H groups in total. The number of likely N-dealkylation sites (tertiary alicyclic amines) is 1. The van der Waals surface area contributed by atoms with E-state index in [4.69, 9.17) is 5.73 Å². The van der Waals surface area contributed by atoms with Crippen LogP contribution in [0.2, 0.25) is 0 Å². The molecule has 4 heteroatoms. The highest BCUT2D eigenvalue weighted by Crippen LogP contribution is 2.19. The minimum Gasteiger partial charge on any atom is -0.391 e. The van der Waals surface area contributed by atoms with Crippen molar-refractivity contribution >= 4 is 5.91 Å². The van der Waals surface area contributed by atoms with Gasteiger partial charge in [-0.2, -0.15) is 0 Å². The number of amides is 1. The molecule has 4 nitrogen and oxygen atoms in total. The van der Waals surface area contributed by atoms with E-state index in [0.717, 1.165) is 24.9 Å². The number of primary amides is 1. The fraction of sp³-hybridized carbons (Fsp3) is 0.500. The maximum atomic E-state index is 11.5. The lowest BCUT2D eigenvalue weighted by atomic mass is 10.1. The molecule has 0 aromatic heterocycles. The Hall–Kier alpha value is -1.39. The van der Waals surface area contributed by atoms with Crippen molar-refractivity contribution in [1.82, 2.24) is 4.90 Å². The second-order valence-electron chi connectivity index (χ2n) is 4.87. The summed E-state index contributed by atoms with van der Waals surface area (Å²) in [6, 6.07) is 9.40. The molecule has 18 heavy (non-hydrogen) atoms. The molecule has 98 valence electrons. The van der Waals surface area contributed by atoms with Crippen molar-refractivity contribution in [2.45, 2.75) is 38.0 Å². The fourth-order valence-corrected chi connectivity index (χ4v) is 2.57. The average molecular weight is 248 g/mol. The number of nitrogens with zero attached hydrogens (tertiary/aromatic N) is 1. The Labute approximate surface area is 107 Å². The van der Waals surface area contributed by atoms with Gasteiger partial charge < -0.3 is 10.8 Å². The van der Waals surface area contributed by atoms with Gasteiger partial charge in [-0.3, -0.25) is 9.69 Å². The Balaban J connectivity index is 2.14. The zero-order valence-electron chi connectivity index (χ0n) is 10.5. The molecule has 0 saturated carbocycles. The van der Waals surface area contributed by atoms with Gasteiger partial charge in [-0.05, 0) is 31.4 Å². The predicted octanol–water partition coefficient (Wildman–Crippen LogP) is 0.887. The molecule has 0 aliphatic carbocycles. The highest BCUT2D eigenvalue weighted by atomic mass is 16.3. The summed E-state index contributed by atoms with van der Waals surface area (Å²) >= 11 is 0. The second-order valence-corrected chi connectivity index (χ2v) is 4.87. The summed E-state index contributed by atoms with van der Waals surface area (Å²) in [6.45, 7) is 1.46. The van der Waals surface area contributed by atoms with Crippen LogP contribution in [-0.2, 0) is 11.3 Å². The molecule has 2 rings (SSSR count). The summed E-state index contributed by atoms with van der Waals surface area (Å²) in [4.78, 5) is 13.5. The van der Waals surface area contributed by atoms with Crippen LogP contribution in [0.5, 0.6) is 0 Å². The molecular formula is C14H20N2O2. The summed E-state index contributed by atoms with van der Waals surface area (Å²) in [5, 5.41) is 10.0. The van der Waals surface area contributed by atoms with Crippen LogP contribution in [0, 0.1) is 0 Å². The number of benzene rings is 1. The van der Waals surface area contributed by atoms with Gasteiger partial charge in [0.05, 0.1) is 6.10 Å². The van der Waals surface area contributed by atoms with Gasteiger partial charge in [-0.1, -0.05) is 30.3 Å². The Bertz CT molecular complexity index is 394. The highest BCUT2D eigenvalue weighted by Gasteiger charge is 2.32. The van der Waals surface area contributed by atoms with Gasteiger partial charge in [0.1, 0.15) is 6.04 Å². The molecule has 1 heterocycles. The quantitative estimate of drug-likeness (QED) is 0.834. The van der Waals surface area contributed by atoms with Crippen molar-refractivity contribution in [2.75, 3.05) is 6.54 Å². The van der Waals surface area contributed by atoms with Crippen LogP contribution in [0.25, 0.3) is 0 Å². The lowest BCUT2D eigenvalue weighted by molar-refractivity contribution is -0.127. The van der Waals surface area contributed by atoms with Crippen LogP contribution in [0.1, 0.15) is 24.8 Å². The topological polar surface area (TPSA) is 66.6 Å². The number of carbonyl (C=O) groups excluding carboxylic acids is 1. The first-order valence-electron chi connectivity index (χ1n) is 6.44. The molecule has 0 radical (unpaired) electrons. The van der Waals surface area contributed by atoms with Gasteiger partial charge in [0.2, 0.25) is 5.91 Å². The zero-order valence-corrected chi connectivity index (χ0v) is 10.5. The first kappa shape index (κ1) is 13.1. The first-order valence-corrected chi connectivity index (χ1v) is 6.44. The molecule has 1 aliphatic heterocycles. The summed E-state index contributed by atoms with van der Waals surface area (Å²) in [5.74, 6) is -0.430. The van der Waals surface area contributed by atoms with Crippen LogP contribution in [0.3, 0.4) is 0 Å². The largest absolute Gasteiger partial charge is 0.391 e. The Morgan fingerprint density at radius 2 is 2.06 bits per heavy atom. The van der Waals surface area contributed by atoms with Crippen LogP contribution < -0.4 is 5.73 Å². The smallest absolute Gasteiger partial charge is 0.237 e. The second kappa shape index (κ2) is 5.98. The normalized spacial score (nSPS) is 25.6. The number of hydrogen-bond donors (Lipinski definition) is 2. The molecular weight excluding hydrogens is 228 g/mol. The molecule has 0 spiro atoms.